The molecule has 1 N–H and O–H groups in total. The molecule has 0 spiro atoms. The summed E-state index contributed by atoms with van der Waals surface area (Å²) in [7, 11) is -3.30. The number of rotatable bonds is 3. The molecule has 1 amide bonds. The molecule has 0 aliphatic carbocycles. The van der Waals surface area contributed by atoms with E-state index in [4.69, 9.17) is 0 Å². The van der Waals surface area contributed by atoms with Gasteiger partial charge in [0.25, 0.3) is 0 Å². The molecule has 2 heterocycles. The van der Waals surface area contributed by atoms with Gasteiger partial charge in [-0.1, -0.05) is 6.08 Å². The third-order valence-corrected chi connectivity index (χ3v) is 4.95. The molecular formula is C10H17N3O3S. The first-order valence-corrected chi connectivity index (χ1v) is 7.26. The van der Waals surface area contributed by atoms with Crippen LogP contribution in [0.4, 0.5) is 0 Å². The van der Waals surface area contributed by atoms with E-state index in [1.54, 1.807) is 0 Å². The Labute approximate surface area is 101 Å². The lowest BCUT2D eigenvalue weighted by molar-refractivity contribution is -0.130. The predicted molar refractivity (Wildman–Crippen MR) is 63.9 cm³/mol. The van der Waals surface area contributed by atoms with Crippen molar-refractivity contribution in [3.63, 3.8) is 0 Å². The standard InChI is InChI=1S/C10H17N3O3S/c1-2-7-17(15,16)13-6-5-12-4-3-11-10(14)9(12)8-13/h2,9H,1,3-8H2,(H,11,14). The molecule has 0 aromatic carbocycles. The molecular weight excluding hydrogens is 242 g/mol. The molecule has 0 aromatic rings. The van der Waals surface area contributed by atoms with Crippen molar-refractivity contribution in [2.24, 2.45) is 0 Å². The van der Waals surface area contributed by atoms with Crippen LogP contribution in [0.1, 0.15) is 0 Å². The molecule has 2 saturated heterocycles. The summed E-state index contributed by atoms with van der Waals surface area (Å²) in [4.78, 5) is 13.7. The van der Waals surface area contributed by atoms with Crippen LogP contribution in [0.25, 0.3) is 0 Å². The maximum absolute atomic E-state index is 11.9. The number of piperazine rings is 2. The molecule has 0 saturated carbocycles. The van der Waals surface area contributed by atoms with Gasteiger partial charge in [0.1, 0.15) is 6.04 Å². The molecule has 17 heavy (non-hydrogen) atoms. The largest absolute Gasteiger partial charge is 0.353 e. The van der Waals surface area contributed by atoms with Crippen LogP contribution in [0.15, 0.2) is 12.7 Å². The molecule has 2 aliphatic heterocycles. The lowest BCUT2D eigenvalue weighted by Gasteiger charge is -2.42. The van der Waals surface area contributed by atoms with Gasteiger partial charge in [-0.25, -0.2) is 8.42 Å². The van der Waals surface area contributed by atoms with Crippen molar-refractivity contribution >= 4 is 15.9 Å². The number of carbonyl (C=O) groups excluding carboxylic acids is 1. The van der Waals surface area contributed by atoms with Crippen LogP contribution in [0.3, 0.4) is 0 Å². The summed E-state index contributed by atoms with van der Waals surface area (Å²) in [6, 6.07) is -0.336. The van der Waals surface area contributed by atoms with E-state index in [9.17, 15) is 13.2 Å². The highest BCUT2D eigenvalue weighted by Crippen LogP contribution is 2.15. The van der Waals surface area contributed by atoms with Crippen molar-refractivity contribution in [3.05, 3.63) is 12.7 Å². The number of carbonyl (C=O) groups is 1. The molecule has 0 radical (unpaired) electrons. The number of hydrogen-bond donors (Lipinski definition) is 1. The summed E-state index contributed by atoms with van der Waals surface area (Å²) in [5.74, 6) is -0.142. The Hall–Kier alpha value is -0.920. The zero-order chi connectivity index (χ0) is 12.5. The van der Waals surface area contributed by atoms with Crippen molar-refractivity contribution in [1.29, 1.82) is 0 Å². The van der Waals surface area contributed by atoms with Crippen molar-refractivity contribution in [2.75, 3.05) is 38.5 Å². The predicted octanol–water partition coefficient (Wildman–Crippen LogP) is -1.38. The first-order chi connectivity index (χ1) is 8.04. The van der Waals surface area contributed by atoms with Gasteiger partial charge in [0, 0.05) is 32.7 Å². The van der Waals surface area contributed by atoms with Gasteiger partial charge in [-0.2, -0.15) is 4.31 Å². The smallest absolute Gasteiger partial charge is 0.238 e. The van der Waals surface area contributed by atoms with E-state index in [1.165, 1.54) is 10.4 Å². The Balaban J connectivity index is 2.10. The lowest BCUT2D eigenvalue weighted by Crippen LogP contribution is -2.64. The van der Waals surface area contributed by atoms with Gasteiger partial charge in [0.2, 0.25) is 15.9 Å². The van der Waals surface area contributed by atoms with E-state index in [2.05, 4.69) is 11.9 Å². The summed E-state index contributed by atoms with van der Waals surface area (Å²) < 4.78 is 25.1. The van der Waals surface area contributed by atoms with Crippen molar-refractivity contribution < 1.29 is 13.2 Å². The maximum Gasteiger partial charge on any atom is 0.238 e. The first-order valence-electron chi connectivity index (χ1n) is 5.65. The maximum atomic E-state index is 11.9. The number of sulfonamides is 1. The highest BCUT2D eigenvalue weighted by Gasteiger charge is 2.38. The fraction of sp³-hybridized carbons (Fsp3) is 0.700. The van der Waals surface area contributed by atoms with Crippen LogP contribution in [-0.4, -0.2) is 68.0 Å². The fourth-order valence-electron chi connectivity index (χ4n) is 2.26. The van der Waals surface area contributed by atoms with E-state index in [0.717, 1.165) is 6.54 Å². The average Bonchev–Trinajstić information content (AvgIpc) is 2.29. The minimum atomic E-state index is -3.30. The number of nitrogens with one attached hydrogen (secondary N) is 1. The number of nitrogens with zero attached hydrogens (tertiary/aromatic N) is 2. The van der Waals surface area contributed by atoms with Gasteiger partial charge >= 0.3 is 0 Å². The quantitative estimate of drug-likeness (QED) is 0.634. The Kier molecular flexibility index (Phi) is 3.50. The normalized spacial score (nSPS) is 27.3. The minimum absolute atomic E-state index is 0.0681. The van der Waals surface area contributed by atoms with Crippen LogP contribution in [0.2, 0.25) is 0 Å². The first kappa shape index (κ1) is 12.5. The van der Waals surface area contributed by atoms with Gasteiger partial charge < -0.3 is 5.32 Å². The number of fused-ring (bicyclic) bond motifs is 1. The monoisotopic (exact) mass is 259 g/mol. The summed E-state index contributed by atoms with van der Waals surface area (Å²) in [6.45, 7) is 6.22. The minimum Gasteiger partial charge on any atom is -0.353 e. The number of amides is 1. The summed E-state index contributed by atoms with van der Waals surface area (Å²) in [6.07, 6.45) is 1.38. The van der Waals surface area contributed by atoms with Crippen molar-refractivity contribution in [2.45, 2.75) is 6.04 Å². The third-order valence-electron chi connectivity index (χ3n) is 3.18. The Bertz CT molecular complexity index is 421. The second-order valence-corrected chi connectivity index (χ2v) is 6.28. The van der Waals surface area contributed by atoms with Crippen LogP contribution < -0.4 is 5.32 Å². The molecule has 2 rings (SSSR count). The molecule has 0 aromatic heterocycles. The van der Waals surface area contributed by atoms with Gasteiger partial charge in [-0.05, 0) is 0 Å². The van der Waals surface area contributed by atoms with Crippen molar-refractivity contribution in [1.82, 2.24) is 14.5 Å². The van der Waals surface area contributed by atoms with Gasteiger partial charge in [0.05, 0.1) is 5.75 Å². The third kappa shape index (κ3) is 2.51. The summed E-state index contributed by atoms with van der Waals surface area (Å²) in [5, 5.41) is 2.76. The highest BCUT2D eigenvalue weighted by molar-refractivity contribution is 7.89. The van der Waals surface area contributed by atoms with Crippen LogP contribution in [-0.2, 0) is 14.8 Å². The van der Waals surface area contributed by atoms with E-state index < -0.39 is 10.0 Å². The topological polar surface area (TPSA) is 69.7 Å². The molecule has 96 valence electrons. The van der Waals surface area contributed by atoms with E-state index in [-0.39, 0.29) is 24.2 Å². The molecule has 1 atom stereocenters. The molecule has 2 fully saturated rings. The van der Waals surface area contributed by atoms with E-state index in [0.29, 0.717) is 19.6 Å². The fourth-order valence-corrected chi connectivity index (χ4v) is 3.50. The highest BCUT2D eigenvalue weighted by atomic mass is 32.2. The van der Waals surface area contributed by atoms with E-state index in [1.807, 2.05) is 4.90 Å². The second kappa shape index (κ2) is 4.75. The summed E-state index contributed by atoms with van der Waals surface area (Å²) >= 11 is 0. The molecule has 2 aliphatic rings. The molecule has 6 nitrogen and oxygen atoms in total. The van der Waals surface area contributed by atoms with Gasteiger partial charge in [0.15, 0.2) is 0 Å². The SMILES string of the molecule is C=CCS(=O)(=O)N1CCN2CCNC(=O)C2C1. The van der Waals surface area contributed by atoms with E-state index >= 15 is 0 Å². The summed E-state index contributed by atoms with van der Waals surface area (Å²) in [5.41, 5.74) is 0. The second-order valence-electron chi connectivity index (χ2n) is 4.27. The molecule has 1 unspecified atom stereocenters. The van der Waals surface area contributed by atoms with Crippen LogP contribution in [0, 0.1) is 0 Å². The Morgan fingerprint density at radius 2 is 2.18 bits per heavy atom. The zero-order valence-corrected chi connectivity index (χ0v) is 10.4. The molecule has 0 bridgehead atoms. The van der Waals surface area contributed by atoms with Gasteiger partial charge in [-0.15, -0.1) is 6.58 Å². The average molecular weight is 259 g/mol. The lowest BCUT2D eigenvalue weighted by atomic mass is 10.1. The van der Waals surface area contributed by atoms with Crippen LogP contribution in [0.5, 0.6) is 0 Å². The van der Waals surface area contributed by atoms with Crippen LogP contribution >= 0.6 is 0 Å². The Morgan fingerprint density at radius 1 is 1.41 bits per heavy atom. The van der Waals surface area contributed by atoms with Gasteiger partial charge in [-0.3, -0.25) is 9.69 Å². The molecule has 7 heteroatoms. The Morgan fingerprint density at radius 3 is 2.88 bits per heavy atom. The van der Waals surface area contributed by atoms with Crippen molar-refractivity contribution in [3.8, 4) is 0 Å². The zero-order valence-electron chi connectivity index (χ0n) is 9.63. The number of hydrogen-bond acceptors (Lipinski definition) is 4.